The summed E-state index contributed by atoms with van der Waals surface area (Å²) in [4.78, 5) is 14.0. The molecular formula is C19H25N5O. The summed E-state index contributed by atoms with van der Waals surface area (Å²) in [6.07, 6.45) is 5.68. The van der Waals surface area contributed by atoms with Crippen LogP contribution in [0.1, 0.15) is 42.3 Å². The van der Waals surface area contributed by atoms with Crippen molar-refractivity contribution >= 4 is 5.82 Å². The van der Waals surface area contributed by atoms with Crippen LogP contribution in [-0.4, -0.2) is 46.2 Å². The molecule has 132 valence electrons. The Kier molecular flexibility index (Phi) is 3.73. The van der Waals surface area contributed by atoms with Gasteiger partial charge in [0.05, 0.1) is 12.2 Å². The lowest BCUT2D eigenvalue weighted by Gasteiger charge is -2.26. The normalized spacial score (nSPS) is 26.8. The van der Waals surface area contributed by atoms with Gasteiger partial charge in [-0.3, -0.25) is 4.90 Å². The number of hydrogen-bond donors (Lipinski definition) is 0. The van der Waals surface area contributed by atoms with E-state index in [0.29, 0.717) is 5.92 Å². The fourth-order valence-corrected chi connectivity index (χ4v) is 4.58. The van der Waals surface area contributed by atoms with Gasteiger partial charge in [0, 0.05) is 49.9 Å². The molecule has 5 rings (SSSR count). The van der Waals surface area contributed by atoms with Gasteiger partial charge in [-0.25, -0.2) is 9.97 Å². The van der Waals surface area contributed by atoms with Gasteiger partial charge in [0.15, 0.2) is 5.76 Å². The van der Waals surface area contributed by atoms with Gasteiger partial charge in [0.2, 0.25) is 0 Å². The Morgan fingerprint density at radius 1 is 1.08 bits per heavy atom. The molecule has 2 unspecified atom stereocenters. The Bertz CT molecular complexity index is 742. The van der Waals surface area contributed by atoms with Gasteiger partial charge in [-0.2, -0.15) is 0 Å². The third-order valence-corrected chi connectivity index (χ3v) is 6.14. The van der Waals surface area contributed by atoms with E-state index in [0.717, 1.165) is 61.8 Å². The van der Waals surface area contributed by atoms with Crippen LogP contribution in [0.4, 0.5) is 5.82 Å². The van der Waals surface area contributed by atoms with Crippen LogP contribution >= 0.6 is 0 Å². The molecule has 1 saturated carbocycles. The summed E-state index contributed by atoms with van der Waals surface area (Å²) < 4.78 is 5.37. The standard InChI is InChI=1S/C19H25N5O/c1-13-5-17(25-22-13)11-23-7-15-9-24(10-16(15)8-23)19-6-18(20-12-21-19)14-3-2-4-14/h5-6,12,14-16H,2-4,7-11H2,1H3. The van der Waals surface area contributed by atoms with Crippen molar-refractivity contribution in [1.82, 2.24) is 20.0 Å². The van der Waals surface area contributed by atoms with E-state index in [9.17, 15) is 0 Å². The van der Waals surface area contributed by atoms with Gasteiger partial charge in [-0.1, -0.05) is 11.6 Å². The number of aromatic nitrogens is 3. The number of anilines is 1. The molecule has 3 fully saturated rings. The molecule has 0 bridgehead atoms. The lowest BCUT2D eigenvalue weighted by molar-refractivity contribution is 0.260. The number of fused-ring (bicyclic) bond motifs is 1. The van der Waals surface area contributed by atoms with E-state index < -0.39 is 0 Å². The summed E-state index contributed by atoms with van der Waals surface area (Å²) in [5.41, 5.74) is 2.21. The zero-order valence-electron chi connectivity index (χ0n) is 14.8. The predicted octanol–water partition coefficient (Wildman–Crippen LogP) is 2.61. The van der Waals surface area contributed by atoms with E-state index in [1.165, 1.54) is 25.0 Å². The summed E-state index contributed by atoms with van der Waals surface area (Å²) >= 11 is 0. The highest BCUT2D eigenvalue weighted by molar-refractivity contribution is 5.42. The van der Waals surface area contributed by atoms with Crippen LogP contribution in [0, 0.1) is 18.8 Å². The van der Waals surface area contributed by atoms with Crippen molar-refractivity contribution in [3.8, 4) is 0 Å². The number of likely N-dealkylation sites (tertiary alicyclic amines) is 1. The summed E-state index contributed by atoms with van der Waals surface area (Å²) in [6.45, 7) is 7.36. The molecule has 6 nitrogen and oxygen atoms in total. The average Bonchev–Trinajstić information content (AvgIpc) is 3.21. The number of aryl methyl sites for hydroxylation is 1. The fraction of sp³-hybridized carbons (Fsp3) is 0.632. The van der Waals surface area contributed by atoms with Crippen molar-refractivity contribution in [1.29, 1.82) is 0 Å². The molecule has 2 aromatic rings. The molecule has 2 atom stereocenters. The second-order valence-corrected chi connectivity index (χ2v) is 7.98. The van der Waals surface area contributed by atoms with Crippen molar-refractivity contribution in [2.75, 3.05) is 31.1 Å². The van der Waals surface area contributed by atoms with Crippen molar-refractivity contribution in [2.24, 2.45) is 11.8 Å². The van der Waals surface area contributed by atoms with Crippen LogP contribution in [0.15, 0.2) is 23.0 Å². The average molecular weight is 339 g/mol. The third kappa shape index (κ3) is 2.92. The maximum atomic E-state index is 5.37. The molecule has 2 aromatic heterocycles. The van der Waals surface area contributed by atoms with Gasteiger partial charge in [-0.15, -0.1) is 0 Å². The first-order valence-corrected chi connectivity index (χ1v) is 9.46. The van der Waals surface area contributed by atoms with E-state index >= 15 is 0 Å². The SMILES string of the molecule is Cc1cc(CN2CC3CN(c4cc(C5CCC5)ncn4)CC3C2)on1. The molecule has 0 N–H and O–H groups in total. The number of nitrogens with zero attached hydrogens (tertiary/aromatic N) is 5. The molecule has 2 saturated heterocycles. The van der Waals surface area contributed by atoms with E-state index in [2.05, 4.69) is 31.0 Å². The maximum Gasteiger partial charge on any atom is 0.150 e. The quantitative estimate of drug-likeness (QED) is 0.853. The molecule has 4 heterocycles. The molecule has 0 amide bonds. The lowest BCUT2D eigenvalue weighted by atomic mass is 9.83. The highest BCUT2D eigenvalue weighted by Crippen LogP contribution is 2.38. The summed E-state index contributed by atoms with van der Waals surface area (Å²) in [5.74, 6) is 4.24. The van der Waals surface area contributed by atoms with Crippen molar-refractivity contribution in [3.63, 3.8) is 0 Å². The zero-order valence-corrected chi connectivity index (χ0v) is 14.8. The summed E-state index contributed by atoms with van der Waals surface area (Å²) in [5, 5.41) is 3.99. The van der Waals surface area contributed by atoms with Gasteiger partial charge in [0.1, 0.15) is 12.1 Å². The van der Waals surface area contributed by atoms with Gasteiger partial charge in [-0.05, 0) is 31.6 Å². The van der Waals surface area contributed by atoms with Crippen molar-refractivity contribution in [2.45, 2.75) is 38.6 Å². The van der Waals surface area contributed by atoms with E-state index in [4.69, 9.17) is 4.52 Å². The first-order chi connectivity index (χ1) is 12.2. The van der Waals surface area contributed by atoms with Crippen LogP contribution in [0.3, 0.4) is 0 Å². The molecule has 2 aliphatic heterocycles. The molecule has 0 radical (unpaired) electrons. The van der Waals surface area contributed by atoms with Crippen LogP contribution in [0.5, 0.6) is 0 Å². The molecule has 0 aromatic carbocycles. The van der Waals surface area contributed by atoms with Crippen molar-refractivity contribution < 1.29 is 4.52 Å². The second kappa shape index (κ2) is 6.09. The first kappa shape index (κ1) is 15.3. The molecule has 0 spiro atoms. The minimum Gasteiger partial charge on any atom is -0.360 e. The maximum absolute atomic E-state index is 5.37. The highest BCUT2D eigenvalue weighted by Gasteiger charge is 2.40. The minimum atomic E-state index is 0.671. The Labute approximate surface area is 148 Å². The van der Waals surface area contributed by atoms with Gasteiger partial charge in [0.25, 0.3) is 0 Å². The Morgan fingerprint density at radius 2 is 1.88 bits per heavy atom. The predicted molar refractivity (Wildman–Crippen MR) is 94.3 cm³/mol. The topological polar surface area (TPSA) is 58.3 Å². The minimum absolute atomic E-state index is 0.671. The molecule has 3 aliphatic rings. The summed E-state index contributed by atoms with van der Waals surface area (Å²) in [7, 11) is 0. The number of rotatable bonds is 4. The highest BCUT2D eigenvalue weighted by atomic mass is 16.5. The summed E-state index contributed by atoms with van der Waals surface area (Å²) in [6, 6.07) is 4.28. The van der Waals surface area contributed by atoms with Crippen molar-refractivity contribution in [3.05, 3.63) is 35.6 Å². The first-order valence-electron chi connectivity index (χ1n) is 9.46. The van der Waals surface area contributed by atoms with Gasteiger partial charge >= 0.3 is 0 Å². The largest absolute Gasteiger partial charge is 0.360 e. The smallest absolute Gasteiger partial charge is 0.150 e. The molecule has 25 heavy (non-hydrogen) atoms. The van der Waals surface area contributed by atoms with E-state index in [1.807, 2.05) is 13.0 Å². The van der Waals surface area contributed by atoms with E-state index in [1.54, 1.807) is 6.33 Å². The van der Waals surface area contributed by atoms with Crippen LogP contribution in [0.2, 0.25) is 0 Å². The Morgan fingerprint density at radius 3 is 2.52 bits per heavy atom. The Balaban J connectivity index is 1.22. The monoisotopic (exact) mass is 339 g/mol. The molecule has 1 aliphatic carbocycles. The van der Waals surface area contributed by atoms with Crippen LogP contribution < -0.4 is 4.90 Å². The third-order valence-electron chi connectivity index (χ3n) is 6.14. The molecular weight excluding hydrogens is 314 g/mol. The lowest BCUT2D eigenvalue weighted by Crippen LogP contribution is -2.29. The van der Waals surface area contributed by atoms with Gasteiger partial charge < -0.3 is 9.42 Å². The molecule has 6 heteroatoms. The van der Waals surface area contributed by atoms with Crippen LogP contribution in [-0.2, 0) is 6.54 Å². The number of hydrogen-bond acceptors (Lipinski definition) is 6. The Hall–Kier alpha value is -1.95. The fourth-order valence-electron chi connectivity index (χ4n) is 4.58. The zero-order chi connectivity index (χ0) is 16.8. The second-order valence-electron chi connectivity index (χ2n) is 7.98. The van der Waals surface area contributed by atoms with Crippen LogP contribution in [0.25, 0.3) is 0 Å². The van der Waals surface area contributed by atoms with E-state index in [-0.39, 0.29) is 0 Å².